The molecule has 1 aromatic rings. The minimum Gasteiger partial charge on any atom is -0.354 e. The van der Waals surface area contributed by atoms with Crippen LogP contribution in [0.1, 0.15) is 19.8 Å². The van der Waals surface area contributed by atoms with Gasteiger partial charge in [-0.2, -0.15) is 0 Å². The summed E-state index contributed by atoms with van der Waals surface area (Å²) >= 11 is 0. The third-order valence-corrected chi connectivity index (χ3v) is 4.31. The number of piperazine rings is 1. The molecule has 1 unspecified atom stereocenters. The van der Waals surface area contributed by atoms with E-state index in [2.05, 4.69) is 44.7 Å². The van der Waals surface area contributed by atoms with Gasteiger partial charge in [-0.1, -0.05) is 0 Å². The molecule has 0 bridgehead atoms. The molecule has 0 radical (unpaired) electrons. The van der Waals surface area contributed by atoms with Crippen molar-refractivity contribution in [2.24, 2.45) is 0 Å². The van der Waals surface area contributed by atoms with Crippen molar-refractivity contribution in [3.63, 3.8) is 0 Å². The molecule has 0 aromatic carbocycles. The maximum Gasteiger partial charge on any atom is 0.134 e. The van der Waals surface area contributed by atoms with E-state index in [1.54, 1.807) is 6.33 Å². The van der Waals surface area contributed by atoms with Crippen molar-refractivity contribution in [3.05, 3.63) is 12.4 Å². The minimum absolute atomic E-state index is 0.607. The molecule has 1 aromatic heterocycles. The normalized spacial score (nSPS) is 25.1. The first-order valence-electron chi connectivity index (χ1n) is 7.26. The fourth-order valence-corrected chi connectivity index (χ4v) is 2.98. The van der Waals surface area contributed by atoms with Crippen LogP contribution in [0.25, 0.3) is 0 Å². The van der Waals surface area contributed by atoms with Crippen molar-refractivity contribution < 1.29 is 0 Å². The lowest BCUT2D eigenvalue weighted by atomic mass is 10.2. The van der Waals surface area contributed by atoms with Gasteiger partial charge in [0.25, 0.3) is 0 Å². The third kappa shape index (κ3) is 2.66. The van der Waals surface area contributed by atoms with Crippen LogP contribution in [-0.2, 0) is 0 Å². The Bertz CT molecular complexity index is 428. The van der Waals surface area contributed by atoms with E-state index in [0.29, 0.717) is 6.04 Å². The topological polar surface area (TPSA) is 35.5 Å². The molecule has 0 N–H and O–H groups in total. The Kier molecular flexibility index (Phi) is 3.55. The Morgan fingerprint density at radius 1 is 1.05 bits per heavy atom. The average Bonchev–Trinajstić information content (AvgIpc) is 2.86. The summed E-state index contributed by atoms with van der Waals surface area (Å²) < 4.78 is 0. The number of hydrogen-bond donors (Lipinski definition) is 0. The van der Waals surface area contributed by atoms with Crippen LogP contribution in [0, 0.1) is 0 Å². The summed E-state index contributed by atoms with van der Waals surface area (Å²) in [6.45, 7) is 7.74. The van der Waals surface area contributed by atoms with Crippen LogP contribution in [0.5, 0.6) is 0 Å². The van der Waals surface area contributed by atoms with Crippen LogP contribution < -0.4 is 9.80 Å². The van der Waals surface area contributed by atoms with E-state index in [1.807, 2.05) is 0 Å². The second-order valence-corrected chi connectivity index (χ2v) is 5.71. The number of hydrogen-bond acceptors (Lipinski definition) is 5. The molecule has 5 nitrogen and oxygen atoms in total. The molecule has 2 fully saturated rings. The molecule has 0 saturated carbocycles. The minimum atomic E-state index is 0.607. The van der Waals surface area contributed by atoms with Crippen molar-refractivity contribution in [3.8, 4) is 0 Å². The highest BCUT2D eigenvalue weighted by atomic mass is 15.3. The summed E-state index contributed by atoms with van der Waals surface area (Å²) in [5.41, 5.74) is 0. The number of aromatic nitrogens is 2. The Hall–Kier alpha value is -1.36. The lowest BCUT2D eigenvalue weighted by molar-refractivity contribution is 0.312. The number of nitrogens with zero attached hydrogens (tertiary/aromatic N) is 5. The van der Waals surface area contributed by atoms with Crippen molar-refractivity contribution in [1.29, 1.82) is 0 Å². The van der Waals surface area contributed by atoms with Gasteiger partial charge in [-0.25, -0.2) is 9.97 Å². The SMILES string of the molecule is CC1CCCN1c1cc(N2CCN(C)CC2)ncn1. The highest BCUT2D eigenvalue weighted by Gasteiger charge is 2.23. The zero-order chi connectivity index (χ0) is 13.2. The van der Waals surface area contributed by atoms with E-state index in [9.17, 15) is 0 Å². The Labute approximate surface area is 115 Å². The highest BCUT2D eigenvalue weighted by molar-refractivity contribution is 5.51. The second-order valence-electron chi connectivity index (χ2n) is 5.71. The maximum absolute atomic E-state index is 4.46. The quantitative estimate of drug-likeness (QED) is 0.800. The first kappa shape index (κ1) is 12.7. The lowest BCUT2D eigenvalue weighted by Gasteiger charge is -2.33. The van der Waals surface area contributed by atoms with Gasteiger partial charge < -0.3 is 14.7 Å². The van der Waals surface area contributed by atoms with Crippen LogP contribution in [0.3, 0.4) is 0 Å². The molecule has 3 rings (SSSR count). The van der Waals surface area contributed by atoms with Gasteiger partial charge in [-0.05, 0) is 26.8 Å². The van der Waals surface area contributed by atoms with E-state index >= 15 is 0 Å². The summed E-state index contributed by atoms with van der Waals surface area (Å²) in [6, 6.07) is 2.77. The first-order chi connectivity index (χ1) is 9.24. The van der Waals surface area contributed by atoms with Gasteiger partial charge in [0, 0.05) is 44.8 Å². The summed E-state index contributed by atoms with van der Waals surface area (Å²) in [6.07, 6.45) is 4.26. The number of anilines is 2. The van der Waals surface area contributed by atoms with Crippen LogP contribution in [0.2, 0.25) is 0 Å². The number of likely N-dealkylation sites (N-methyl/N-ethyl adjacent to an activating group) is 1. The monoisotopic (exact) mass is 261 g/mol. The van der Waals surface area contributed by atoms with E-state index < -0.39 is 0 Å². The van der Waals surface area contributed by atoms with E-state index in [1.165, 1.54) is 12.8 Å². The predicted molar refractivity (Wildman–Crippen MR) is 77.8 cm³/mol. The molecule has 0 amide bonds. The van der Waals surface area contributed by atoms with E-state index in [-0.39, 0.29) is 0 Å². The smallest absolute Gasteiger partial charge is 0.134 e. The van der Waals surface area contributed by atoms with Crippen molar-refractivity contribution >= 4 is 11.6 Å². The standard InChI is InChI=1S/C14H23N5/c1-12-4-3-5-19(12)14-10-13(15-11-16-14)18-8-6-17(2)7-9-18/h10-12H,3-9H2,1-2H3. The number of rotatable bonds is 2. The van der Waals surface area contributed by atoms with Gasteiger partial charge in [-0.3, -0.25) is 0 Å². The zero-order valence-corrected chi connectivity index (χ0v) is 11.9. The summed E-state index contributed by atoms with van der Waals surface area (Å²) in [4.78, 5) is 16.0. The molecule has 3 heterocycles. The van der Waals surface area contributed by atoms with Crippen molar-refractivity contribution in [2.75, 3.05) is 49.6 Å². The van der Waals surface area contributed by atoms with Gasteiger partial charge in [-0.15, -0.1) is 0 Å². The summed E-state index contributed by atoms with van der Waals surface area (Å²) in [7, 11) is 2.18. The van der Waals surface area contributed by atoms with Crippen LogP contribution >= 0.6 is 0 Å². The van der Waals surface area contributed by atoms with Gasteiger partial charge in [0.05, 0.1) is 0 Å². The van der Waals surface area contributed by atoms with Crippen molar-refractivity contribution in [1.82, 2.24) is 14.9 Å². The average molecular weight is 261 g/mol. The van der Waals surface area contributed by atoms with E-state index in [4.69, 9.17) is 0 Å². The lowest BCUT2D eigenvalue weighted by Crippen LogP contribution is -2.44. The predicted octanol–water partition coefficient (Wildman–Crippen LogP) is 1.22. The second kappa shape index (κ2) is 5.33. The molecule has 5 heteroatoms. The van der Waals surface area contributed by atoms with Crippen molar-refractivity contribution in [2.45, 2.75) is 25.8 Å². The molecule has 1 atom stereocenters. The Morgan fingerprint density at radius 2 is 1.79 bits per heavy atom. The molecule has 104 valence electrons. The van der Waals surface area contributed by atoms with Crippen LogP contribution in [0.4, 0.5) is 11.6 Å². The Balaban J connectivity index is 1.76. The largest absolute Gasteiger partial charge is 0.354 e. The Morgan fingerprint density at radius 3 is 2.47 bits per heavy atom. The molecular weight excluding hydrogens is 238 g/mol. The first-order valence-corrected chi connectivity index (χ1v) is 7.26. The molecule has 19 heavy (non-hydrogen) atoms. The fourth-order valence-electron chi connectivity index (χ4n) is 2.98. The zero-order valence-electron chi connectivity index (χ0n) is 11.9. The summed E-state index contributed by atoms with van der Waals surface area (Å²) in [5, 5.41) is 0. The molecule has 2 aliphatic heterocycles. The molecule has 0 spiro atoms. The summed E-state index contributed by atoms with van der Waals surface area (Å²) in [5.74, 6) is 2.17. The van der Waals surface area contributed by atoms with Gasteiger partial charge in [0.2, 0.25) is 0 Å². The maximum atomic E-state index is 4.46. The van der Waals surface area contributed by atoms with E-state index in [0.717, 1.165) is 44.4 Å². The molecule has 0 aliphatic carbocycles. The molecule has 2 saturated heterocycles. The van der Waals surface area contributed by atoms with Gasteiger partial charge in [0.15, 0.2) is 0 Å². The molecular formula is C14H23N5. The molecule has 2 aliphatic rings. The van der Waals surface area contributed by atoms with Gasteiger partial charge >= 0.3 is 0 Å². The third-order valence-electron chi connectivity index (χ3n) is 4.31. The van der Waals surface area contributed by atoms with Crippen LogP contribution in [0.15, 0.2) is 12.4 Å². The van der Waals surface area contributed by atoms with Crippen LogP contribution in [-0.4, -0.2) is 60.7 Å². The fraction of sp³-hybridized carbons (Fsp3) is 0.714. The highest BCUT2D eigenvalue weighted by Crippen LogP contribution is 2.25. The van der Waals surface area contributed by atoms with Gasteiger partial charge in [0.1, 0.15) is 18.0 Å².